The van der Waals surface area contributed by atoms with E-state index in [1.54, 1.807) is 0 Å². The van der Waals surface area contributed by atoms with Crippen LogP contribution < -0.4 is 106 Å². The van der Waals surface area contributed by atoms with Gasteiger partial charge in [0.15, 0.2) is 6.23 Å². The van der Waals surface area contributed by atoms with E-state index < -0.39 is 65.9 Å². The summed E-state index contributed by atoms with van der Waals surface area (Å²) in [7, 11) is -17.0. The van der Waals surface area contributed by atoms with Crippen LogP contribution in [-0.4, -0.2) is 46.7 Å². The summed E-state index contributed by atoms with van der Waals surface area (Å²) in [5.74, 6) is 0. The van der Waals surface area contributed by atoms with Crippen LogP contribution >= 0.6 is 23.5 Å². The Hall–Kier alpha value is 1.36. The van der Waals surface area contributed by atoms with Gasteiger partial charge in [-0.1, -0.05) is 0 Å². The van der Waals surface area contributed by atoms with Gasteiger partial charge in [0, 0.05) is 19.4 Å². The van der Waals surface area contributed by atoms with Gasteiger partial charge in [0.1, 0.15) is 18.3 Å². The number of rotatable bonds is 9. The first-order chi connectivity index (χ1) is 13.6. The fraction of sp³-hybridized carbons (Fsp3) is 0.600. The van der Waals surface area contributed by atoms with Crippen LogP contribution in [0, 0.1) is 0 Å². The van der Waals surface area contributed by atoms with Gasteiger partial charge in [-0.25, -0.2) is 9.11 Å². The number of phosphoric acid groups is 3. The third-order valence-electron chi connectivity index (χ3n) is 3.50. The number of ether oxygens (including phenoxy) is 2. The van der Waals surface area contributed by atoms with Gasteiger partial charge in [0.2, 0.25) is 0 Å². The molecule has 0 saturated carbocycles. The van der Waals surface area contributed by atoms with Crippen molar-refractivity contribution < 1.29 is 136 Å². The molecule has 6 atom stereocenters. The SMILES string of the molecule is COC1[C@@H](COP(=O)([O-])OP(=O)([O-])OP(=O)([O-])[O-])O[C@@H](n2ccc(=O)[nH]c2=O)[C@H]1O.[Li+].[Li+].[Li+].[Li+]. The maximum atomic E-state index is 11.8. The van der Waals surface area contributed by atoms with Crippen molar-refractivity contribution >= 4 is 23.5 Å². The molecule has 24 heteroatoms. The first-order valence-electron chi connectivity index (χ1n) is 7.53. The van der Waals surface area contributed by atoms with Gasteiger partial charge < -0.3 is 43.2 Å². The number of aliphatic hydroxyl groups is 1. The van der Waals surface area contributed by atoms with Gasteiger partial charge in [-0.15, -0.1) is 0 Å². The van der Waals surface area contributed by atoms with Crippen LogP contribution in [0.5, 0.6) is 0 Å². The van der Waals surface area contributed by atoms with Crippen molar-refractivity contribution in [3.8, 4) is 0 Å². The van der Waals surface area contributed by atoms with E-state index in [2.05, 4.69) is 13.1 Å². The molecule has 2 heterocycles. The number of hydrogen-bond acceptors (Lipinski definition) is 15. The number of H-pyrrole nitrogens is 1. The van der Waals surface area contributed by atoms with Crippen molar-refractivity contribution in [3.63, 3.8) is 0 Å². The molecule has 0 aromatic carbocycles. The zero-order valence-electron chi connectivity index (χ0n) is 18.6. The summed E-state index contributed by atoms with van der Waals surface area (Å²) in [6.45, 7) is -1.03. The molecule has 1 aromatic rings. The summed E-state index contributed by atoms with van der Waals surface area (Å²) in [4.78, 5) is 68.2. The molecule has 0 aliphatic carbocycles. The summed E-state index contributed by atoms with van der Waals surface area (Å²) in [5.41, 5.74) is -1.70. The number of methoxy groups -OCH3 is 1. The Bertz CT molecular complexity index is 1030. The molecule has 0 amide bonds. The molecule has 2 N–H and O–H groups in total. The number of nitrogens with one attached hydrogen (secondary N) is 1. The predicted molar refractivity (Wildman–Crippen MR) is 83.0 cm³/mol. The topological polar surface area (TPSA) is 265 Å². The van der Waals surface area contributed by atoms with E-state index in [9.17, 15) is 48.0 Å². The average Bonchev–Trinajstić information content (AvgIpc) is 2.85. The van der Waals surface area contributed by atoms with Crippen molar-refractivity contribution in [2.45, 2.75) is 24.5 Å². The third kappa shape index (κ3) is 11.8. The van der Waals surface area contributed by atoms with E-state index in [0.29, 0.717) is 0 Å². The number of nitrogens with zero attached hydrogens (tertiary/aromatic N) is 1. The molecule has 0 spiro atoms. The predicted octanol–water partition coefficient (Wildman–Crippen LogP) is -16.4. The van der Waals surface area contributed by atoms with Crippen LogP contribution in [0.4, 0.5) is 0 Å². The minimum atomic E-state index is -6.14. The number of hydrogen-bond donors (Lipinski definition) is 2. The smallest absolute Gasteiger partial charge is 0.790 e. The standard InChI is InChI=1S/C10H17N2O15P3.4Li/c1-23-8-5(4-24-29(19,20)27-30(21,22)26-28(16,17)18)25-9(7(8)14)12-3-2-6(13)11-10(12)15;;;;/h2-3,5,7-9,14H,4H2,1H3,(H,19,20)(H,21,22)(H,11,13,15)(H2,16,17,18);;;;/q;4*+1/p-4/t5-,7+,8?,9-;;;;/m1..../s1. The molecule has 0 radical (unpaired) electrons. The van der Waals surface area contributed by atoms with Crippen LogP contribution in [0.1, 0.15) is 6.23 Å². The van der Waals surface area contributed by atoms with Crippen LogP contribution in [0.15, 0.2) is 21.9 Å². The van der Waals surface area contributed by atoms with Gasteiger partial charge in [-0.2, -0.15) is 0 Å². The molecule has 3 unspecified atom stereocenters. The molecular weight excluding hydrogens is 509 g/mol. The van der Waals surface area contributed by atoms with Gasteiger partial charge in [0.05, 0.1) is 14.4 Å². The molecule has 17 nitrogen and oxygen atoms in total. The molecule has 1 aliphatic heterocycles. The normalized spacial score (nSPS) is 25.4. The molecule has 1 aliphatic rings. The fourth-order valence-electron chi connectivity index (χ4n) is 2.45. The first-order valence-corrected chi connectivity index (χ1v) is 11.9. The fourth-order valence-corrected chi connectivity index (χ4v) is 5.32. The molecule has 172 valence electrons. The summed E-state index contributed by atoms with van der Waals surface area (Å²) in [6.07, 6.45) is -4.76. The molecule has 2 rings (SSSR count). The summed E-state index contributed by atoms with van der Waals surface area (Å²) in [6, 6.07) is 0.944. The monoisotopic (exact) mass is 522 g/mol. The second kappa shape index (κ2) is 15.7. The Labute approximate surface area is 239 Å². The van der Waals surface area contributed by atoms with Crippen molar-refractivity contribution in [2.75, 3.05) is 13.7 Å². The van der Waals surface area contributed by atoms with Crippen molar-refractivity contribution in [2.24, 2.45) is 0 Å². The van der Waals surface area contributed by atoms with Crippen LogP contribution in [0.3, 0.4) is 0 Å². The third-order valence-corrected chi connectivity index (χ3v) is 7.17. The zero-order valence-corrected chi connectivity index (χ0v) is 21.3. The maximum absolute atomic E-state index is 11.8. The Morgan fingerprint density at radius 3 is 2.09 bits per heavy atom. The minimum absolute atomic E-state index is 0. The maximum Gasteiger partial charge on any atom is 1.00 e. The summed E-state index contributed by atoms with van der Waals surface area (Å²) in [5, 5.41) is 10.3. The quantitative estimate of drug-likeness (QED) is 0.225. The van der Waals surface area contributed by atoms with Crippen molar-refractivity contribution in [3.05, 3.63) is 33.1 Å². The molecule has 1 saturated heterocycles. The largest absolute Gasteiger partial charge is 1.00 e. The van der Waals surface area contributed by atoms with E-state index in [4.69, 9.17) is 9.47 Å². The Morgan fingerprint density at radius 1 is 1.06 bits per heavy atom. The average molecular weight is 522 g/mol. The van der Waals surface area contributed by atoms with E-state index in [-0.39, 0.29) is 75.4 Å². The van der Waals surface area contributed by atoms with Gasteiger partial charge >= 0.3 is 81.1 Å². The minimum Gasteiger partial charge on any atom is -0.790 e. The van der Waals surface area contributed by atoms with Crippen LogP contribution in [-0.2, 0) is 36.3 Å². The van der Waals surface area contributed by atoms with Crippen molar-refractivity contribution in [1.82, 2.24) is 9.55 Å². The van der Waals surface area contributed by atoms with Crippen LogP contribution in [0.25, 0.3) is 0 Å². The van der Waals surface area contributed by atoms with Crippen molar-refractivity contribution in [1.29, 1.82) is 0 Å². The summed E-state index contributed by atoms with van der Waals surface area (Å²) >= 11 is 0. The zero-order chi connectivity index (χ0) is 22.9. The molecular formula is C10H13Li4N2O15P3. The second-order valence-electron chi connectivity index (χ2n) is 5.57. The second-order valence-corrected chi connectivity index (χ2v) is 9.82. The number of aliphatic hydroxyl groups excluding tert-OH is 1. The number of aromatic nitrogens is 2. The van der Waals surface area contributed by atoms with E-state index >= 15 is 0 Å². The molecule has 1 fully saturated rings. The Balaban J connectivity index is -0.00000240. The van der Waals surface area contributed by atoms with E-state index in [1.807, 2.05) is 4.98 Å². The molecule has 0 bridgehead atoms. The number of phosphoric ester groups is 1. The molecule has 34 heavy (non-hydrogen) atoms. The van der Waals surface area contributed by atoms with E-state index in [0.717, 1.165) is 23.9 Å². The van der Waals surface area contributed by atoms with E-state index in [1.165, 1.54) is 0 Å². The number of aromatic amines is 1. The Kier molecular flexibility index (Phi) is 18.4. The van der Waals surface area contributed by atoms with Gasteiger partial charge in [-0.05, 0) is 0 Å². The first kappa shape index (κ1) is 39.9. The Morgan fingerprint density at radius 2 is 1.62 bits per heavy atom. The van der Waals surface area contributed by atoms with Crippen LogP contribution in [0.2, 0.25) is 0 Å². The van der Waals surface area contributed by atoms with Gasteiger partial charge in [-0.3, -0.25) is 27.8 Å². The molecule has 1 aromatic heterocycles. The van der Waals surface area contributed by atoms with Gasteiger partial charge in [0.25, 0.3) is 21.2 Å². The summed E-state index contributed by atoms with van der Waals surface area (Å²) < 4.78 is 54.7.